The van der Waals surface area contributed by atoms with Crippen molar-refractivity contribution in [2.45, 2.75) is 26.8 Å². The van der Waals surface area contributed by atoms with Gasteiger partial charge < -0.3 is 15.0 Å². The average Bonchev–Trinajstić information content (AvgIpc) is 3.19. The second-order valence-corrected chi connectivity index (χ2v) is 7.92. The van der Waals surface area contributed by atoms with Gasteiger partial charge >= 0.3 is 0 Å². The number of carbonyl (C=O) groups excluding carboxylic acids is 2. The molecule has 0 aromatic carbocycles. The molecule has 1 aliphatic rings. The second-order valence-electron chi connectivity index (χ2n) is 7.92. The number of aldehydes is 1. The highest BCUT2D eigenvalue weighted by atomic mass is 16.2. The number of amides is 1. The lowest BCUT2D eigenvalue weighted by Crippen LogP contribution is -2.40. The van der Waals surface area contributed by atoms with E-state index in [2.05, 4.69) is 25.3 Å². The van der Waals surface area contributed by atoms with Crippen LogP contribution in [0.1, 0.15) is 19.0 Å². The van der Waals surface area contributed by atoms with E-state index in [1.165, 1.54) is 0 Å². The number of fused-ring (bicyclic) bond motifs is 1. The zero-order chi connectivity index (χ0) is 21.8. The first-order valence-electron chi connectivity index (χ1n) is 10.5. The van der Waals surface area contributed by atoms with Gasteiger partial charge in [0.05, 0.1) is 23.3 Å². The molecule has 0 saturated heterocycles. The molecule has 160 valence electrons. The Hall–Kier alpha value is -3.55. The number of anilines is 2. The molecule has 2 atom stereocenters. The van der Waals surface area contributed by atoms with Crippen molar-refractivity contribution in [3.05, 3.63) is 54.6 Å². The summed E-state index contributed by atoms with van der Waals surface area (Å²) in [5.41, 5.74) is 3.24. The van der Waals surface area contributed by atoms with E-state index in [9.17, 15) is 9.59 Å². The molecule has 0 bridgehead atoms. The van der Waals surface area contributed by atoms with E-state index in [1.807, 2.05) is 41.9 Å². The maximum Gasteiger partial charge on any atom is 0.228 e. The van der Waals surface area contributed by atoms with Gasteiger partial charge in [0.25, 0.3) is 0 Å². The molecule has 8 heteroatoms. The average molecular weight is 419 g/mol. The zero-order valence-corrected chi connectivity index (χ0v) is 17.7. The SMILES string of the molecule is Cc1cc2n(n1)CCCN2CC(C=O)C(C)C(=O)Nc1ccc(-c2cccnc2)nc1. The van der Waals surface area contributed by atoms with E-state index >= 15 is 0 Å². The molecular weight excluding hydrogens is 392 g/mol. The largest absolute Gasteiger partial charge is 0.356 e. The van der Waals surface area contributed by atoms with Gasteiger partial charge in [0.15, 0.2) is 0 Å². The molecule has 3 aromatic rings. The van der Waals surface area contributed by atoms with Gasteiger partial charge in [0.1, 0.15) is 12.1 Å². The predicted molar refractivity (Wildman–Crippen MR) is 119 cm³/mol. The summed E-state index contributed by atoms with van der Waals surface area (Å²) < 4.78 is 1.97. The highest BCUT2D eigenvalue weighted by Gasteiger charge is 2.28. The van der Waals surface area contributed by atoms with Crippen LogP contribution in [-0.2, 0) is 16.1 Å². The van der Waals surface area contributed by atoms with Crippen LogP contribution in [0.15, 0.2) is 48.9 Å². The van der Waals surface area contributed by atoms with Crippen molar-refractivity contribution >= 4 is 23.7 Å². The summed E-state index contributed by atoms with van der Waals surface area (Å²) in [6, 6.07) is 9.46. The first-order chi connectivity index (χ1) is 15.0. The van der Waals surface area contributed by atoms with Crippen LogP contribution in [0.3, 0.4) is 0 Å². The fourth-order valence-corrected chi connectivity index (χ4v) is 3.84. The molecule has 4 rings (SSSR count). The third-order valence-corrected chi connectivity index (χ3v) is 5.65. The van der Waals surface area contributed by atoms with Crippen LogP contribution >= 0.6 is 0 Å². The van der Waals surface area contributed by atoms with Gasteiger partial charge in [-0.15, -0.1) is 0 Å². The Morgan fingerprint density at radius 1 is 1.26 bits per heavy atom. The Kier molecular flexibility index (Phi) is 6.06. The van der Waals surface area contributed by atoms with Crippen LogP contribution in [0.2, 0.25) is 0 Å². The molecule has 1 amide bonds. The summed E-state index contributed by atoms with van der Waals surface area (Å²) in [6.45, 7) is 5.97. The van der Waals surface area contributed by atoms with Gasteiger partial charge in [0.2, 0.25) is 5.91 Å². The fourth-order valence-electron chi connectivity index (χ4n) is 3.84. The molecule has 31 heavy (non-hydrogen) atoms. The molecule has 0 radical (unpaired) electrons. The van der Waals surface area contributed by atoms with Crippen molar-refractivity contribution < 1.29 is 9.59 Å². The number of hydrogen-bond acceptors (Lipinski definition) is 6. The normalized spacial score (nSPS) is 15.1. The molecule has 1 aliphatic heterocycles. The molecule has 0 spiro atoms. The van der Waals surface area contributed by atoms with Gasteiger partial charge in [-0.3, -0.25) is 14.8 Å². The highest BCUT2D eigenvalue weighted by Crippen LogP contribution is 2.25. The third kappa shape index (κ3) is 4.63. The van der Waals surface area contributed by atoms with Crippen molar-refractivity contribution in [3.63, 3.8) is 0 Å². The number of nitrogens with one attached hydrogen (secondary N) is 1. The zero-order valence-electron chi connectivity index (χ0n) is 17.7. The topological polar surface area (TPSA) is 93.0 Å². The molecule has 1 N–H and O–H groups in total. The monoisotopic (exact) mass is 418 g/mol. The Labute approximate surface area is 181 Å². The minimum absolute atomic E-state index is 0.199. The minimum Gasteiger partial charge on any atom is -0.356 e. The van der Waals surface area contributed by atoms with Gasteiger partial charge in [0, 0.05) is 55.5 Å². The van der Waals surface area contributed by atoms with Crippen LogP contribution in [0.4, 0.5) is 11.5 Å². The van der Waals surface area contributed by atoms with E-state index in [-0.39, 0.29) is 5.91 Å². The number of aryl methyl sites for hydroxylation is 2. The van der Waals surface area contributed by atoms with Gasteiger partial charge in [-0.05, 0) is 37.6 Å². The van der Waals surface area contributed by atoms with Gasteiger partial charge in [-0.25, -0.2) is 4.68 Å². The van der Waals surface area contributed by atoms with Crippen molar-refractivity contribution in [1.82, 2.24) is 19.7 Å². The molecule has 2 unspecified atom stereocenters. The molecule has 8 nitrogen and oxygen atoms in total. The summed E-state index contributed by atoms with van der Waals surface area (Å²) >= 11 is 0. The predicted octanol–water partition coefficient (Wildman–Crippen LogP) is 2.95. The lowest BCUT2D eigenvalue weighted by Gasteiger charge is -2.32. The lowest BCUT2D eigenvalue weighted by molar-refractivity contribution is -0.124. The molecular formula is C23H26N6O2. The van der Waals surface area contributed by atoms with E-state index in [1.54, 1.807) is 25.5 Å². The van der Waals surface area contributed by atoms with Gasteiger partial charge in [-0.2, -0.15) is 5.10 Å². The highest BCUT2D eigenvalue weighted by molar-refractivity contribution is 5.94. The van der Waals surface area contributed by atoms with E-state index in [0.717, 1.165) is 48.6 Å². The molecule has 4 heterocycles. The van der Waals surface area contributed by atoms with Crippen LogP contribution in [-0.4, -0.2) is 45.0 Å². The fraction of sp³-hybridized carbons (Fsp3) is 0.348. The van der Waals surface area contributed by atoms with Crippen molar-refractivity contribution in [2.24, 2.45) is 11.8 Å². The number of rotatable bonds is 7. The Morgan fingerprint density at radius 2 is 2.13 bits per heavy atom. The summed E-state index contributed by atoms with van der Waals surface area (Å²) in [5, 5.41) is 7.38. The molecule has 0 saturated carbocycles. The number of hydrogen-bond donors (Lipinski definition) is 1. The first kappa shape index (κ1) is 20.7. The van der Waals surface area contributed by atoms with Crippen LogP contribution in [0.5, 0.6) is 0 Å². The van der Waals surface area contributed by atoms with Crippen molar-refractivity contribution in [3.8, 4) is 11.3 Å². The summed E-state index contributed by atoms with van der Waals surface area (Å²) in [5.74, 6) is -0.0904. The number of carbonyl (C=O) groups is 2. The molecule has 0 fully saturated rings. The van der Waals surface area contributed by atoms with Crippen LogP contribution in [0, 0.1) is 18.8 Å². The summed E-state index contributed by atoms with van der Waals surface area (Å²) in [7, 11) is 0. The summed E-state index contributed by atoms with van der Waals surface area (Å²) in [6.07, 6.45) is 6.92. The molecule has 3 aromatic heterocycles. The van der Waals surface area contributed by atoms with Crippen molar-refractivity contribution in [2.75, 3.05) is 23.3 Å². The second kappa shape index (κ2) is 9.07. The maximum atomic E-state index is 12.8. The van der Waals surface area contributed by atoms with Crippen molar-refractivity contribution in [1.29, 1.82) is 0 Å². The first-order valence-corrected chi connectivity index (χ1v) is 10.5. The lowest BCUT2D eigenvalue weighted by atomic mass is 9.93. The standard InChI is InChI=1S/C23H26N6O2/c1-16-11-22-28(9-4-10-29(22)27-16)14-19(15-30)17(2)23(31)26-20-6-7-21(25-13-20)18-5-3-8-24-12-18/h3,5-8,11-13,15,17,19H,4,9-10,14H2,1-2H3,(H,26,31). The van der Waals surface area contributed by atoms with Crippen LogP contribution < -0.4 is 10.2 Å². The summed E-state index contributed by atoms with van der Waals surface area (Å²) in [4.78, 5) is 35.3. The maximum absolute atomic E-state index is 12.8. The Bertz CT molecular complexity index is 1050. The van der Waals surface area contributed by atoms with Gasteiger partial charge in [-0.1, -0.05) is 6.92 Å². The van der Waals surface area contributed by atoms with E-state index in [0.29, 0.717) is 12.2 Å². The third-order valence-electron chi connectivity index (χ3n) is 5.65. The Morgan fingerprint density at radius 3 is 2.84 bits per heavy atom. The number of nitrogens with zero attached hydrogens (tertiary/aromatic N) is 5. The van der Waals surface area contributed by atoms with E-state index < -0.39 is 11.8 Å². The number of pyridine rings is 2. The minimum atomic E-state index is -0.477. The van der Waals surface area contributed by atoms with E-state index in [4.69, 9.17) is 0 Å². The molecule has 0 aliphatic carbocycles. The number of aromatic nitrogens is 4. The quantitative estimate of drug-likeness (QED) is 0.593. The Balaban J connectivity index is 1.40. The van der Waals surface area contributed by atoms with Crippen LogP contribution in [0.25, 0.3) is 11.3 Å². The smallest absolute Gasteiger partial charge is 0.228 e.